The van der Waals surface area contributed by atoms with Gasteiger partial charge in [0.05, 0.1) is 12.2 Å². The van der Waals surface area contributed by atoms with Crippen molar-refractivity contribution in [1.29, 1.82) is 0 Å². The molecule has 1 fully saturated rings. The zero-order valence-electron chi connectivity index (χ0n) is 9.61. The van der Waals surface area contributed by atoms with Crippen LogP contribution < -0.4 is 0 Å². The van der Waals surface area contributed by atoms with Crippen molar-refractivity contribution in [3.8, 4) is 0 Å². The third kappa shape index (κ3) is 2.25. The summed E-state index contributed by atoms with van der Waals surface area (Å²) in [7, 11) is 0. The molecule has 0 aromatic heterocycles. The Balaban J connectivity index is 2.17. The maximum absolute atomic E-state index is 12.9. The molecule has 16 heavy (non-hydrogen) atoms. The van der Waals surface area contributed by atoms with E-state index >= 15 is 0 Å². The Morgan fingerprint density at radius 1 is 1.44 bits per heavy atom. The molecular formula is C13H17FO2. The fourth-order valence-corrected chi connectivity index (χ4v) is 2.24. The first-order chi connectivity index (χ1) is 7.58. The fraction of sp³-hybridized carbons (Fsp3) is 0.538. The number of rotatable bonds is 2. The van der Waals surface area contributed by atoms with E-state index in [2.05, 4.69) is 0 Å². The summed E-state index contributed by atoms with van der Waals surface area (Å²) >= 11 is 0. The van der Waals surface area contributed by atoms with Crippen molar-refractivity contribution in [3.63, 3.8) is 0 Å². The first-order valence-electron chi connectivity index (χ1n) is 5.67. The van der Waals surface area contributed by atoms with Gasteiger partial charge in [-0.25, -0.2) is 4.39 Å². The lowest BCUT2D eigenvalue weighted by molar-refractivity contribution is -0.0300. The van der Waals surface area contributed by atoms with Crippen molar-refractivity contribution >= 4 is 0 Å². The van der Waals surface area contributed by atoms with Crippen molar-refractivity contribution in [2.24, 2.45) is 0 Å². The molecule has 1 aliphatic heterocycles. The molecule has 1 aromatic carbocycles. The van der Waals surface area contributed by atoms with E-state index in [1.165, 1.54) is 12.1 Å². The maximum Gasteiger partial charge on any atom is 0.123 e. The van der Waals surface area contributed by atoms with Crippen molar-refractivity contribution in [2.75, 3.05) is 0 Å². The monoisotopic (exact) mass is 224 g/mol. The molecule has 0 bridgehead atoms. The number of aliphatic hydroxyl groups excluding tert-OH is 1. The summed E-state index contributed by atoms with van der Waals surface area (Å²) in [5, 5.41) is 10.2. The number of aryl methyl sites for hydroxylation is 1. The fourth-order valence-electron chi connectivity index (χ4n) is 2.24. The molecular weight excluding hydrogens is 207 g/mol. The summed E-state index contributed by atoms with van der Waals surface area (Å²) in [6, 6.07) is 4.46. The van der Waals surface area contributed by atoms with Crippen molar-refractivity contribution in [1.82, 2.24) is 0 Å². The van der Waals surface area contributed by atoms with Crippen LogP contribution in [0, 0.1) is 12.7 Å². The van der Waals surface area contributed by atoms with Crippen LogP contribution in [0.25, 0.3) is 0 Å². The summed E-state index contributed by atoms with van der Waals surface area (Å²) in [6.07, 6.45) is 1.24. The van der Waals surface area contributed by atoms with Gasteiger partial charge in [0.1, 0.15) is 11.9 Å². The third-order valence-electron chi connectivity index (χ3n) is 3.17. The van der Waals surface area contributed by atoms with Gasteiger partial charge in [0.15, 0.2) is 0 Å². The Kier molecular flexibility index (Phi) is 3.26. The first-order valence-corrected chi connectivity index (χ1v) is 5.67. The van der Waals surface area contributed by atoms with E-state index in [0.29, 0.717) is 0 Å². The predicted octanol–water partition coefficient (Wildman–Crippen LogP) is 2.74. The van der Waals surface area contributed by atoms with E-state index in [9.17, 15) is 9.50 Å². The van der Waals surface area contributed by atoms with Gasteiger partial charge in [0.2, 0.25) is 0 Å². The first kappa shape index (κ1) is 11.6. The van der Waals surface area contributed by atoms with Crippen LogP contribution in [0.3, 0.4) is 0 Å². The van der Waals surface area contributed by atoms with Crippen LogP contribution >= 0.6 is 0 Å². The molecule has 0 radical (unpaired) electrons. The number of hydrogen-bond donors (Lipinski definition) is 1. The van der Waals surface area contributed by atoms with E-state index in [0.717, 1.165) is 24.0 Å². The molecule has 3 heteroatoms. The zero-order valence-corrected chi connectivity index (χ0v) is 9.61. The molecule has 3 atom stereocenters. The lowest BCUT2D eigenvalue weighted by atomic mass is 9.98. The standard InChI is InChI=1S/C13H17FO2/c1-8-7-10(14)4-5-11(8)13(15)12-6-3-9(2)16-12/h4-5,7,9,12-13,15H,3,6H2,1-2H3. The molecule has 1 aliphatic rings. The average molecular weight is 224 g/mol. The van der Waals surface area contributed by atoms with Gasteiger partial charge in [-0.05, 0) is 49.9 Å². The quantitative estimate of drug-likeness (QED) is 0.837. The smallest absolute Gasteiger partial charge is 0.123 e. The van der Waals surface area contributed by atoms with E-state index in [-0.39, 0.29) is 18.0 Å². The van der Waals surface area contributed by atoms with Crippen LogP contribution in [-0.4, -0.2) is 17.3 Å². The minimum Gasteiger partial charge on any atom is -0.386 e. The molecule has 1 N–H and O–H groups in total. The highest BCUT2D eigenvalue weighted by atomic mass is 19.1. The molecule has 2 nitrogen and oxygen atoms in total. The van der Waals surface area contributed by atoms with Gasteiger partial charge in [-0.2, -0.15) is 0 Å². The zero-order chi connectivity index (χ0) is 11.7. The summed E-state index contributed by atoms with van der Waals surface area (Å²) < 4.78 is 18.6. The van der Waals surface area contributed by atoms with E-state index in [4.69, 9.17) is 4.74 Å². The number of halogens is 1. The Bertz CT molecular complexity index is 378. The summed E-state index contributed by atoms with van der Waals surface area (Å²) in [5.74, 6) is -0.269. The van der Waals surface area contributed by atoms with Crippen LogP contribution in [0.15, 0.2) is 18.2 Å². The Hall–Kier alpha value is -0.930. The van der Waals surface area contributed by atoms with Crippen molar-refractivity contribution < 1.29 is 14.2 Å². The highest BCUT2D eigenvalue weighted by Crippen LogP contribution is 2.31. The minimum atomic E-state index is -0.648. The average Bonchev–Trinajstić information content (AvgIpc) is 2.64. The van der Waals surface area contributed by atoms with Crippen LogP contribution in [0.2, 0.25) is 0 Å². The SMILES string of the molecule is Cc1cc(F)ccc1C(O)C1CCC(C)O1. The molecule has 0 amide bonds. The second-order valence-electron chi connectivity index (χ2n) is 4.51. The maximum atomic E-state index is 12.9. The molecule has 0 saturated carbocycles. The highest BCUT2D eigenvalue weighted by Gasteiger charge is 2.29. The Labute approximate surface area is 95.1 Å². The Morgan fingerprint density at radius 3 is 2.75 bits per heavy atom. The van der Waals surface area contributed by atoms with Crippen LogP contribution in [0.5, 0.6) is 0 Å². The second kappa shape index (κ2) is 4.52. The molecule has 1 saturated heterocycles. The lowest BCUT2D eigenvalue weighted by Gasteiger charge is -2.20. The van der Waals surface area contributed by atoms with Gasteiger partial charge in [0, 0.05) is 0 Å². The summed E-state index contributed by atoms with van der Waals surface area (Å²) in [6.45, 7) is 3.81. The molecule has 3 unspecified atom stereocenters. The van der Waals surface area contributed by atoms with Gasteiger partial charge in [-0.1, -0.05) is 6.07 Å². The van der Waals surface area contributed by atoms with Crippen molar-refractivity contribution in [2.45, 2.75) is 45.0 Å². The minimum absolute atomic E-state index is 0.154. The van der Waals surface area contributed by atoms with Crippen molar-refractivity contribution in [3.05, 3.63) is 35.1 Å². The van der Waals surface area contributed by atoms with E-state index < -0.39 is 6.10 Å². The van der Waals surface area contributed by atoms with Crippen LogP contribution in [-0.2, 0) is 4.74 Å². The highest BCUT2D eigenvalue weighted by molar-refractivity contribution is 5.29. The third-order valence-corrected chi connectivity index (χ3v) is 3.17. The molecule has 1 heterocycles. The Morgan fingerprint density at radius 2 is 2.19 bits per heavy atom. The molecule has 0 spiro atoms. The number of ether oxygens (including phenoxy) is 1. The van der Waals surface area contributed by atoms with Crippen LogP contribution in [0.4, 0.5) is 4.39 Å². The largest absolute Gasteiger partial charge is 0.386 e. The lowest BCUT2D eigenvalue weighted by Crippen LogP contribution is -2.19. The van der Waals surface area contributed by atoms with Gasteiger partial charge >= 0.3 is 0 Å². The number of aliphatic hydroxyl groups is 1. The topological polar surface area (TPSA) is 29.5 Å². The van der Waals surface area contributed by atoms with E-state index in [1.807, 2.05) is 6.92 Å². The second-order valence-corrected chi connectivity index (χ2v) is 4.51. The molecule has 1 aromatic rings. The van der Waals surface area contributed by atoms with Gasteiger partial charge in [-0.3, -0.25) is 0 Å². The predicted molar refractivity (Wildman–Crippen MR) is 59.7 cm³/mol. The number of benzene rings is 1. The molecule has 0 aliphatic carbocycles. The van der Waals surface area contributed by atoms with E-state index in [1.54, 1.807) is 13.0 Å². The normalized spacial score (nSPS) is 27.0. The molecule has 2 rings (SSSR count). The van der Waals surface area contributed by atoms with Gasteiger partial charge in [-0.15, -0.1) is 0 Å². The van der Waals surface area contributed by atoms with Crippen LogP contribution in [0.1, 0.15) is 37.0 Å². The summed E-state index contributed by atoms with van der Waals surface area (Å²) in [4.78, 5) is 0. The number of hydrogen-bond acceptors (Lipinski definition) is 2. The van der Waals surface area contributed by atoms with Gasteiger partial charge < -0.3 is 9.84 Å². The van der Waals surface area contributed by atoms with Gasteiger partial charge in [0.25, 0.3) is 0 Å². The molecule has 88 valence electrons. The summed E-state index contributed by atoms with van der Waals surface area (Å²) in [5.41, 5.74) is 1.54.